The molecule has 0 aliphatic carbocycles. The van der Waals surface area contributed by atoms with E-state index >= 15 is 0 Å². The van der Waals surface area contributed by atoms with Crippen LogP contribution in [0.3, 0.4) is 0 Å². The molecule has 3 aliphatic rings. The predicted octanol–water partition coefficient (Wildman–Crippen LogP) is 4.97. The van der Waals surface area contributed by atoms with Crippen molar-refractivity contribution < 1.29 is 0 Å². The van der Waals surface area contributed by atoms with Gasteiger partial charge in [0.05, 0.1) is 11.7 Å². The second kappa shape index (κ2) is 7.43. The number of pyridine rings is 1. The molecule has 0 radical (unpaired) electrons. The molecule has 1 aromatic carbocycles. The van der Waals surface area contributed by atoms with E-state index in [1.54, 1.807) is 0 Å². The van der Waals surface area contributed by atoms with Crippen LogP contribution in [0.1, 0.15) is 55.1 Å². The maximum Gasteiger partial charge on any atom is 0.160 e. The van der Waals surface area contributed by atoms with Crippen molar-refractivity contribution in [3.05, 3.63) is 59.4 Å². The van der Waals surface area contributed by atoms with Gasteiger partial charge >= 0.3 is 0 Å². The summed E-state index contributed by atoms with van der Waals surface area (Å²) in [5, 5.41) is 1.78. The van der Waals surface area contributed by atoms with Crippen LogP contribution in [0.15, 0.2) is 47.6 Å². The van der Waals surface area contributed by atoms with Gasteiger partial charge in [0.15, 0.2) is 5.17 Å². The smallest absolute Gasteiger partial charge is 0.160 e. The van der Waals surface area contributed by atoms with Gasteiger partial charge in [-0.1, -0.05) is 30.8 Å². The molecule has 3 atom stereocenters. The summed E-state index contributed by atoms with van der Waals surface area (Å²) in [6.45, 7) is 8.00. The number of hydrogen-bond acceptors (Lipinski definition) is 5. The van der Waals surface area contributed by atoms with Crippen molar-refractivity contribution in [1.29, 1.82) is 0 Å². The van der Waals surface area contributed by atoms with E-state index in [1.165, 1.54) is 54.3 Å². The molecule has 2 fully saturated rings. The number of aryl methyl sites for hydroxylation is 1. The Bertz CT molecular complexity index is 875. The Morgan fingerprint density at radius 1 is 1.07 bits per heavy atom. The summed E-state index contributed by atoms with van der Waals surface area (Å²) in [4.78, 5) is 14.8. The molecule has 1 aromatic heterocycles. The third kappa shape index (κ3) is 3.20. The molecule has 0 amide bonds. The Hall–Kier alpha value is -2.01. The number of hydrogen-bond donors (Lipinski definition) is 0. The summed E-state index contributed by atoms with van der Waals surface area (Å²) < 4.78 is 0. The molecule has 2 saturated heterocycles. The molecule has 0 spiro atoms. The van der Waals surface area contributed by atoms with Gasteiger partial charge in [0.25, 0.3) is 0 Å². The first-order chi connectivity index (χ1) is 13.7. The molecule has 0 N–H and O–H groups in total. The number of rotatable bonds is 3. The van der Waals surface area contributed by atoms with Crippen LogP contribution in [0.5, 0.6) is 0 Å². The normalized spacial score (nSPS) is 27.1. The van der Waals surface area contributed by atoms with Gasteiger partial charge < -0.3 is 9.80 Å². The maximum atomic E-state index is 5.11. The zero-order valence-electron chi connectivity index (χ0n) is 16.7. The van der Waals surface area contributed by atoms with E-state index < -0.39 is 0 Å². The van der Waals surface area contributed by atoms with Gasteiger partial charge in [0, 0.05) is 36.8 Å². The van der Waals surface area contributed by atoms with E-state index in [0.29, 0.717) is 5.25 Å². The molecule has 4 nitrogen and oxygen atoms in total. The number of aliphatic imine (C=N–C) groups is 1. The second-order valence-corrected chi connectivity index (χ2v) is 9.63. The lowest BCUT2D eigenvalue weighted by molar-refractivity contribution is 0.320. The highest BCUT2D eigenvalue weighted by Gasteiger charge is 2.43. The van der Waals surface area contributed by atoms with Crippen LogP contribution in [0.25, 0.3) is 0 Å². The lowest BCUT2D eigenvalue weighted by Gasteiger charge is -2.31. The Morgan fingerprint density at radius 3 is 2.68 bits per heavy atom. The number of nitrogens with zero attached hydrogens (tertiary/aromatic N) is 4. The minimum absolute atomic E-state index is 0.0794. The first-order valence-electron chi connectivity index (χ1n) is 10.5. The van der Waals surface area contributed by atoms with Crippen molar-refractivity contribution in [3.8, 4) is 0 Å². The van der Waals surface area contributed by atoms with Crippen LogP contribution in [-0.2, 0) is 0 Å². The molecule has 146 valence electrons. The van der Waals surface area contributed by atoms with Crippen molar-refractivity contribution in [1.82, 2.24) is 9.88 Å². The van der Waals surface area contributed by atoms with Crippen molar-refractivity contribution >= 4 is 22.6 Å². The van der Waals surface area contributed by atoms with E-state index in [0.717, 1.165) is 12.2 Å². The summed E-state index contributed by atoms with van der Waals surface area (Å²) in [7, 11) is 0. The van der Waals surface area contributed by atoms with Gasteiger partial charge in [-0.05, 0) is 61.6 Å². The quantitative estimate of drug-likeness (QED) is 0.738. The average molecular weight is 393 g/mol. The fourth-order valence-corrected chi connectivity index (χ4v) is 5.89. The lowest BCUT2D eigenvalue weighted by Crippen LogP contribution is -2.30. The molecule has 2 aromatic rings. The summed E-state index contributed by atoms with van der Waals surface area (Å²) in [6, 6.07) is 13.6. The van der Waals surface area contributed by atoms with Gasteiger partial charge in [-0.2, -0.15) is 0 Å². The Kier molecular flexibility index (Phi) is 4.79. The first kappa shape index (κ1) is 18.0. The van der Waals surface area contributed by atoms with Crippen LogP contribution < -0.4 is 4.90 Å². The highest BCUT2D eigenvalue weighted by Crippen LogP contribution is 2.48. The molecule has 0 bridgehead atoms. The molecular weight excluding hydrogens is 364 g/mol. The van der Waals surface area contributed by atoms with Gasteiger partial charge in [-0.3, -0.25) is 9.98 Å². The largest absolute Gasteiger partial charge is 0.372 e. The third-order valence-electron chi connectivity index (χ3n) is 6.17. The second-order valence-electron chi connectivity index (χ2n) is 8.23. The van der Waals surface area contributed by atoms with Crippen LogP contribution >= 0.6 is 11.8 Å². The molecule has 5 heteroatoms. The fraction of sp³-hybridized carbons (Fsp3) is 0.478. The molecule has 5 rings (SSSR count). The Morgan fingerprint density at radius 2 is 1.93 bits per heavy atom. The van der Waals surface area contributed by atoms with E-state index in [4.69, 9.17) is 4.99 Å². The highest BCUT2D eigenvalue weighted by atomic mass is 32.2. The van der Waals surface area contributed by atoms with Crippen LogP contribution in [0, 0.1) is 6.92 Å². The van der Waals surface area contributed by atoms with E-state index in [-0.39, 0.29) is 12.1 Å². The maximum absolute atomic E-state index is 5.11. The topological polar surface area (TPSA) is 31.7 Å². The Labute approximate surface area is 172 Å². The highest BCUT2D eigenvalue weighted by molar-refractivity contribution is 8.14. The minimum atomic E-state index is 0.0794. The summed E-state index contributed by atoms with van der Waals surface area (Å²) in [5.74, 6) is 0. The number of aromatic nitrogens is 1. The molecular formula is C23H28N4S. The van der Waals surface area contributed by atoms with Crippen LogP contribution in [-0.4, -0.2) is 39.9 Å². The molecule has 4 heterocycles. The Balaban J connectivity index is 1.50. The van der Waals surface area contributed by atoms with E-state index in [9.17, 15) is 0 Å². The van der Waals surface area contributed by atoms with E-state index in [2.05, 4.69) is 59.0 Å². The fourth-order valence-electron chi connectivity index (χ4n) is 4.79. The zero-order valence-corrected chi connectivity index (χ0v) is 17.5. The summed E-state index contributed by atoms with van der Waals surface area (Å²) in [6.07, 6.45) is 5.88. The van der Waals surface area contributed by atoms with Crippen LogP contribution in [0.4, 0.5) is 5.69 Å². The standard InChI is InChI=1S/C23H28N4S/c1-16-14-18(26-12-6-3-7-13-26)9-10-19(16)22-21(20-8-4-5-11-24-20)25-23-27(22)15-17(2)28-23/h4-5,8-11,14,17,21-22H,3,6-7,12-13,15H2,1-2H3/t17-,21-,22-/m1/s1. The lowest BCUT2D eigenvalue weighted by atomic mass is 9.92. The van der Waals surface area contributed by atoms with Gasteiger partial charge in [-0.25, -0.2) is 0 Å². The van der Waals surface area contributed by atoms with Gasteiger partial charge in [-0.15, -0.1) is 0 Å². The molecule has 0 saturated carbocycles. The number of piperidine rings is 1. The van der Waals surface area contributed by atoms with Crippen molar-refractivity contribution in [3.63, 3.8) is 0 Å². The minimum Gasteiger partial charge on any atom is -0.372 e. The van der Waals surface area contributed by atoms with E-state index in [1.807, 2.05) is 24.0 Å². The molecule has 3 aliphatic heterocycles. The SMILES string of the molecule is Cc1cc(N2CCCCC2)ccc1[C@@H]1[C@@H](c2ccccn2)N=C2S[C@H](C)CN21. The summed E-state index contributed by atoms with van der Waals surface area (Å²) >= 11 is 1.90. The van der Waals surface area contributed by atoms with Gasteiger partial charge in [0.1, 0.15) is 6.04 Å². The van der Waals surface area contributed by atoms with Gasteiger partial charge in [0.2, 0.25) is 0 Å². The summed E-state index contributed by atoms with van der Waals surface area (Å²) in [5.41, 5.74) is 5.21. The van der Waals surface area contributed by atoms with Crippen molar-refractivity contribution in [2.75, 3.05) is 24.5 Å². The molecule has 28 heavy (non-hydrogen) atoms. The van der Waals surface area contributed by atoms with Crippen molar-refractivity contribution in [2.24, 2.45) is 4.99 Å². The first-order valence-corrected chi connectivity index (χ1v) is 11.4. The van der Waals surface area contributed by atoms with Crippen molar-refractivity contribution in [2.45, 2.75) is 50.4 Å². The predicted molar refractivity (Wildman–Crippen MR) is 118 cm³/mol. The monoisotopic (exact) mass is 392 g/mol. The zero-order chi connectivity index (χ0) is 19.1. The number of benzene rings is 1. The average Bonchev–Trinajstić information content (AvgIpc) is 3.25. The number of fused-ring (bicyclic) bond motifs is 1. The third-order valence-corrected chi connectivity index (χ3v) is 7.28. The molecule has 0 unspecified atom stereocenters. The number of amidine groups is 1. The number of thioether (sulfide) groups is 1. The number of anilines is 1. The van der Waals surface area contributed by atoms with Crippen LogP contribution in [0.2, 0.25) is 0 Å².